The lowest BCUT2D eigenvalue weighted by Gasteiger charge is -2.14. The van der Waals surface area contributed by atoms with Gasteiger partial charge in [-0.25, -0.2) is 19.3 Å². The van der Waals surface area contributed by atoms with Gasteiger partial charge in [-0.2, -0.15) is 0 Å². The number of para-hydroxylation sites is 1. The summed E-state index contributed by atoms with van der Waals surface area (Å²) in [6.45, 7) is 0. The maximum atomic E-state index is 14.7. The molecule has 0 spiro atoms. The summed E-state index contributed by atoms with van der Waals surface area (Å²) >= 11 is 0. The van der Waals surface area contributed by atoms with Crippen LogP contribution in [-0.2, 0) is 7.05 Å². The smallest absolute Gasteiger partial charge is 0.275 e. The molecule has 174 valence electrons. The number of aryl methyl sites for hydroxylation is 1. The number of halogens is 1. The van der Waals surface area contributed by atoms with Crippen molar-refractivity contribution in [3.63, 3.8) is 0 Å². The van der Waals surface area contributed by atoms with Gasteiger partial charge in [-0.1, -0.05) is 18.2 Å². The van der Waals surface area contributed by atoms with Gasteiger partial charge in [0.25, 0.3) is 5.91 Å². The molecule has 1 amide bonds. The molecule has 9 nitrogen and oxygen atoms in total. The van der Waals surface area contributed by atoms with Crippen LogP contribution >= 0.6 is 0 Å². The van der Waals surface area contributed by atoms with Gasteiger partial charge in [-0.05, 0) is 18.2 Å². The third-order valence-corrected chi connectivity index (χ3v) is 5.41. The highest BCUT2D eigenvalue weighted by Gasteiger charge is 2.16. The number of carbonyl (C=O) groups is 1. The zero-order valence-corrected chi connectivity index (χ0v) is 18.9. The molecule has 0 saturated heterocycles. The summed E-state index contributed by atoms with van der Waals surface area (Å²) in [6.07, 6.45) is 7.77. The number of hydrogen-bond acceptors (Lipinski definition) is 7. The van der Waals surface area contributed by atoms with E-state index in [-0.39, 0.29) is 23.1 Å². The predicted octanol–water partition coefficient (Wildman–Crippen LogP) is 4.57. The Morgan fingerprint density at radius 2 is 1.91 bits per heavy atom. The van der Waals surface area contributed by atoms with Crippen LogP contribution in [0.1, 0.15) is 10.5 Å². The average molecular weight is 469 g/mol. The maximum absolute atomic E-state index is 14.7. The van der Waals surface area contributed by atoms with E-state index in [1.54, 1.807) is 6.20 Å². The Morgan fingerprint density at radius 1 is 1.06 bits per heavy atom. The predicted molar refractivity (Wildman–Crippen MR) is 130 cm³/mol. The van der Waals surface area contributed by atoms with E-state index in [1.807, 2.05) is 48.1 Å². The van der Waals surface area contributed by atoms with Gasteiger partial charge in [-0.3, -0.25) is 9.78 Å². The largest absolute Gasteiger partial charge is 0.494 e. The van der Waals surface area contributed by atoms with Gasteiger partial charge >= 0.3 is 0 Å². The molecule has 5 rings (SSSR count). The van der Waals surface area contributed by atoms with E-state index in [1.165, 1.54) is 37.8 Å². The lowest BCUT2D eigenvalue weighted by atomic mass is 10.1. The van der Waals surface area contributed by atoms with E-state index in [2.05, 4.69) is 30.6 Å². The van der Waals surface area contributed by atoms with Gasteiger partial charge < -0.3 is 19.9 Å². The van der Waals surface area contributed by atoms with E-state index < -0.39 is 11.7 Å². The van der Waals surface area contributed by atoms with Gasteiger partial charge in [0.05, 0.1) is 30.4 Å². The fourth-order valence-electron chi connectivity index (χ4n) is 3.76. The molecular formula is C25H20FN7O2. The molecule has 0 aliphatic carbocycles. The Kier molecular flexibility index (Phi) is 5.76. The number of ether oxygens (including phenoxy) is 1. The second-order valence-corrected chi connectivity index (χ2v) is 7.64. The molecule has 2 N–H and O–H groups in total. The van der Waals surface area contributed by atoms with Crippen molar-refractivity contribution >= 4 is 34.1 Å². The highest BCUT2D eigenvalue weighted by atomic mass is 19.1. The van der Waals surface area contributed by atoms with Crippen LogP contribution in [-0.4, -0.2) is 37.5 Å². The Hall–Kier alpha value is -4.86. The van der Waals surface area contributed by atoms with Crippen LogP contribution in [0.5, 0.6) is 5.75 Å². The van der Waals surface area contributed by atoms with Crippen LogP contribution in [0.25, 0.3) is 22.2 Å². The average Bonchev–Trinajstić information content (AvgIpc) is 3.23. The number of nitrogens with zero attached hydrogens (tertiary/aromatic N) is 5. The Labute approximate surface area is 199 Å². The SMILES string of the molecule is COc1cc(F)c(NC(=O)c2cnccn2)cc1Nc1nccc(-c2cn(C)c3ccccc23)n1. The monoisotopic (exact) mass is 469 g/mol. The van der Waals surface area contributed by atoms with Crippen molar-refractivity contribution in [2.24, 2.45) is 7.05 Å². The number of methoxy groups -OCH3 is 1. The lowest BCUT2D eigenvalue weighted by Crippen LogP contribution is -2.15. The third-order valence-electron chi connectivity index (χ3n) is 5.41. The molecule has 0 bridgehead atoms. The number of anilines is 3. The molecule has 2 aromatic carbocycles. The summed E-state index contributed by atoms with van der Waals surface area (Å²) in [6, 6.07) is 12.4. The van der Waals surface area contributed by atoms with Crippen molar-refractivity contribution in [1.82, 2.24) is 24.5 Å². The minimum Gasteiger partial charge on any atom is -0.494 e. The molecule has 0 radical (unpaired) electrons. The normalized spacial score (nSPS) is 10.8. The van der Waals surface area contributed by atoms with E-state index in [0.29, 0.717) is 5.69 Å². The zero-order chi connectivity index (χ0) is 24.4. The Balaban J connectivity index is 1.47. The standard InChI is InChI=1S/C25H20FN7O2/c1-33-14-16(15-5-3-4-6-22(15)33)18-7-8-29-25(31-18)32-20-12-19(17(26)11-23(20)35-2)30-24(34)21-13-27-9-10-28-21/h3-14H,1-2H3,(H,30,34)(H,29,31,32). The van der Waals surface area contributed by atoms with Crippen LogP contribution < -0.4 is 15.4 Å². The number of nitrogens with one attached hydrogen (secondary N) is 2. The molecule has 3 aromatic heterocycles. The number of aromatic nitrogens is 5. The van der Waals surface area contributed by atoms with Gasteiger partial charge in [0.1, 0.15) is 11.4 Å². The topological polar surface area (TPSA) is 107 Å². The van der Waals surface area contributed by atoms with Crippen molar-refractivity contribution in [1.29, 1.82) is 0 Å². The molecule has 0 unspecified atom stereocenters. The molecule has 3 heterocycles. The number of benzene rings is 2. The fraction of sp³-hybridized carbons (Fsp3) is 0.0800. The van der Waals surface area contributed by atoms with Crippen molar-refractivity contribution in [2.45, 2.75) is 0 Å². The maximum Gasteiger partial charge on any atom is 0.275 e. The first-order valence-electron chi connectivity index (χ1n) is 10.6. The Morgan fingerprint density at radius 3 is 2.71 bits per heavy atom. The third kappa shape index (κ3) is 4.36. The highest BCUT2D eigenvalue weighted by molar-refractivity contribution is 6.03. The number of fused-ring (bicyclic) bond motifs is 1. The molecule has 0 fully saturated rings. The first-order valence-corrected chi connectivity index (χ1v) is 10.6. The Bertz CT molecular complexity index is 1540. The summed E-state index contributed by atoms with van der Waals surface area (Å²) in [5, 5.41) is 6.64. The first kappa shape index (κ1) is 22.0. The van der Waals surface area contributed by atoms with E-state index in [9.17, 15) is 9.18 Å². The molecule has 35 heavy (non-hydrogen) atoms. The number of hydrogen-bond donors (Lipinski definition) is 2. The summed E-state index contributed by atoms with van der Waals surface area (Å²) < 4.78 is 22.0. The second-order valence-electron chi connectivity index (χ2n) is 7.64. The highest BCUT2D eigenvalue weighted by Crippen LogP contribution is 2.34. The zero-order valence-electron chi connectivity index (χ0n) is 18.9. The summed E-state index contributed by atoms with van der Waals surface area (Å²) in [7, 11) is 3.40. The van der Waals surface area contributed by atoms with Crippen LogP contribution in [0.15, 0.2) is 73.4 Å². The number of amides is 1. The number of rotatable bonds is 6. The van der Waals surface area contributed by atoms with Crippen molar-refractivity contribution < 1.29 is 13.9 Å². The van der Waals surface area contributed by atoms with Crippen LogP contribution in [0.4, 0.5) is 21.7 Å². The van der Waals surface area contributed by atoms with E-state index in [0.717, 1.165) is 22.2 Å². The lowest BCUT2D eigenvalue weighted by molar-refractivity contribution is 0.102. The van der Waals surface area contributed by atoms with Crippen molar-refractivity contribution in [3.8, 4) is 17.0 Å². The molecule has 0 aliphatic heterocycles. The molecule has 0 saturated carbocycles. The van der Waals surface area contributed by atoms with Crippen LogP contribution in [0.3, 0.4) is 0 Å². The van der Waals surface area contributed by atoms with Gasteiger partial charge in [0.15, 0.2) is 5.82 Å². The molecule has 0 aliphatic rings. The summed E-state index contributed by atoms with van der Waals surface area (Å²) in [4.78, 5) is 29.2. The first-order chi connectivity index (χ1) is 17.0. The van der Waals surface area contributed by atoms with Gasteiger partial charge in [-0.15, -0.1) is 0 Å². The van der Waals surface area contributed by atoms with Crippen LogP contribution in [0.2, 0.25) is 0 Å². The molecule has 0 atom stereocenters. The van der Waals surface area contributed by atoms with E-state index in [4.69, 9.17) is 4.74 Å². The summed E-state index contributed by atoms with van der Waals surface area (Å²) in [5.74, 6) is -0.761. The minimum atomic E-state index is -0.671. The quantitative estimate of drug-likeness (QED) is 0.375. The van der Waals surface area contributed by atoms with Gasteiger partial charge in [0, 0.05) is 54.4 Å². The van der Waals surface area contributed by atoms with Crippen molar-refractivity contribution in [2.75, 3.05) is 17.7 Å². The second kappa shape index (κ2) is 9.18. The van der Waals surface area contributed by atoms with Gasteiger partial charge in [0.2, 0.25) is 5.95 Å². The van der Waals surface area contributed by atoms with Crippen LogP contribution in [0, 0.1) is 5.82 Å². The molecular weight excluding hydrogens is 449 g/mol. The molecule has 5 aromatic rings. The minimum absolute atomic E-state index is 0.0587. The van der Waals surface area contributed by atoms with Crippen molar-refractivity contribution in [3.05, 3.63) is 85.0 Å². The van der Waals surface area contributed by atoms with E-state index >= 15 is 0 Å². The fourth-order valence-corrected chi connectivity index (χ4v) is 3.76. The summed E-state index contributed by atoms with van der Waals surface area (Å²) in [5.41, 5.74) is 3.13. The number of carbonyl (C=O) groups excluding carboxylic acids is 1. The molecule has 10 heteroatoms.